The Hall–Kier alpha value is -1.54. The third-order valence-corrected chi connectivity index (χ3v) is 8.87. The fourth-order valence-corrected chi connectivity index (χ4v) is 7.33. The van der Waals surface area contributed by atoms with Crippen LogP contribution in [-0.2, 0) is 14.8 Å². The molecule has 1 aliphatic heterocycles. The number of aromatic nitrogens is 2. The number of rotatable bonds is 5. The molecule has 1 aromatic heterocycles. The number of nitrogens with zero attached hydrogens (tertiary/aromatic N) is 3. The van der Waals surface area contributed by atoms with Gasteiger partial charge in [-0.15, -0.1) is 0 Å². The molecule has 0 radical (unpaired) electrons. The van der Waals surface area contributed by atoms with E-state index in [4.69, 9.17) is 4.74 Å². The number of ketones is 1. The van der Waals surface area contributed by atoms with Crippen molar-refractivity contribution < 1.29 is 17.9 Å². The van der Waals surface area contributed by atoms with Crippen molar-refractivity contribution >= 4 is 15.8 Å². The summed E-state index contributed by atoms with van der Waals surface area (Å²) in [6.45, 7) is 4.85. The first kappa shape index (κ1) is 17.9. The maximum atomic E-state index is 13.1. The lowest BCUT2D eigenvalue weighted by atomic mass is 9.70. The summed E-state index contributed by atoms with van der Waals surface area (Å²) in [5.74, 6) is 0.784. The molecule has 0 amide bonds. The van der Waals surface area contributed by atoms with Gasteiger partial charge < -0.3 is 4.74 Å². The molecular weight excluding hydrogens is 354 g/mol. The Morgan fingerprint density at radius 2 is 2.12 bits per heavy atom. The van der Waals surface area contributed by atoms with Gasteiger partial charge in [-0.05, 0) is 30.6 Å². The Morgan fingerprint density at radius 1 is 1.31 bits per heavy atom. The van der Waals surface area contributed by atoms with Gasteiger partial charge in [0.2, 0.25) is 15.9 Å². The van der Waals surface area contributed by atoms with E-state index in [-0.39, 0.29) is 23.1 Å². The van der Waals surface area contributed by atoms with Crippen molar-refractivity contribution in [3.05, 3.63) is 18.6 Å². The van der Waals surface area contributed by atoms with Crippen LogP contribution in [0.4, 0.5) is 0 Å². The van der Waals surface area contributed by atoms with Crippen molar-refractivity contribution in [1.29, 1.82) is 0 Å². The SMILES string of the molecule is CC1(C)C2CCC1(CS(=O)(=O)N1CCC(Oc3cnccn3)C1)C(=O)C2. The summed E-state index contributed by atoms with van der Waals surface area (Å²) in [4.78, 5) is 20.7. The zero-order valence-corrected chi connectivity index (χ0v) is 16.0. The van der Waals surface area contributed by atoms with E-state index in [1.54, 1.807) is 12.4 Å². The summed E-state index contributed by atoms with van der Waals surface area (Å²) < 4.78 is 33.4. The molecule has 4 rings (SSSR count). The lowest BCUT2D eigenvalue weighted by Gasteiger charge is -2.37. The largest absolute Gasteiger partial charge is 0.472 e. The number of carbonyl (C=O) groups is 1. The minimum absolute atomic E-state index is 0.0693. The van der Waals surface area contributed by atoms with Crippen LogP contribution in [0.1, 0.15) is 39.5 Å². The number of ether oxygens (including phenoxy) is 1. The van der Waals surface area contributed by atoms with Crippen LogP contribution in [-0.4, -0.2) is 53.4 Å². The van der Waals surface area contributed by atoms with Crippen molar-refractivity contribution in [2.75, 3.05) is 18.8 Å². The van der Waals surface area contributed by atoms with E-state index in [1.807, 2.05) is 0 Å². The standard InChI is InChI=1S/C18H25N3O4S/c1-17(2)13-3-5-18(17,15(22)9-13)12-26(23,24)21-8-4-14(11-21)25-16-10-19-6-7-20-16/h6-7,10,13-14H,3-5,8-9,11-12H2,1-2H3. The molecule has 0 N–H and O–H groups in total. The van der Waals surface area contributed by atoms with Crippen molar-refractivity contribution in [1.82, 2.24) is 14.3 Å². The number of fused-ring (bicyclic) bond motifs is 2. The van der Waals surface area contributed by atoms with Crippen LogP contribution in [0.5, 0.6) is 5.88 Å². The molecule has 7 nitrogen and oxygen atoms in total. The Kier molecular flexibility index (Phi) is 4.11. The molecule has 1 aromatic rings. The van der Waals surface area contributed by atoms with Crippen LogP contribution in [0.25, 0.3) is 0 Å². The summed E-state index contributed by atoms with van der Waals surface area (Å²) in [5.41, 5.74) is -0.966. The maximum absolute atomic E-state index is 13.1. The number of Topliss-reactive ketones (excluding diaryl/α,β-unsaturated/α-hetero) is 1. The monoisotopic (exact) mass is 379 g/mol. The van der Waals surface area contributed by atoms with E-state index in [2.05, 4.69) is 23.8 Å². The Balaban J connectivity index is 1.47. The van der Waals surface area contributed by atoms with Gasteiger partial charge >= 0.3 is 0 Å². The van der Waals surface area contributed by atoms with Crippen molar-refractivity contribution in [3.8, 4) is 5.88 Å². The molecule has 2 bridgehead atoms. The van der Waals surface area contributed by atoms with Crippen molar-refractivity contribution in [2.24, 2.45) is 16.7 Å². The second-order valence-electron chi connectivity index (χ2n) is 8.35. The van der Waals surface area contributed by atoms with E-state index < -0.39 is 15.4 Å². The number of hydrogen-bond donors (Lipinski definition) is 0. The maximum Gasteiger partial charge on any atom is 0.232 e. The van der Waals surface area contributed by atoms with Gasteiger partial charge in [0.05, 0.1) is 18.5 Å². The second kappa shape index (κ2) is 5.99. The zero-order chi connectivity index (χ0) is 18.6. The highest BCUT2D eigenvalue weighted by Gasteiger charge is 2.65. The van der Waals surface area contributed by atoms with Crippen molar-refractivity contribution in [3.63, 3.8) is 0 Å². The highest BCUT2D eigenvalue weighted by molar-refractivity contribution is 7.89. The van der Waals surface area contributed by atoms with Crippen LogP contribution in [0.15, 0.2) is 18.6 Å². The van der Waals surface area contributed by atoms with Gasteiger partial charge in [-0.3, -0.25) is 9.78 Å². The second-order valence-corrected chi connectivity index (χ2v) is 10.3. The van der Waals surface area contributed by atoms with Gasteiger partial charge in [-0.1, -0.05) is 13.8 Å². The predicted octanol–water partition coefficient (Wildman–Crippen LogP) is 1.65. The zero-order valence-electron chi connectivity index (χ0n) is 15.2. The third kappa shape index (κ3) is 2.65. The van der Waals surface area contributed by atoms with Gasteiger partial charge in [0, 0.05) is 30.8 Å². The highest BCUT2D eigenvalue weighted by Crippen LogP contribution is 2.64. The Labute approximate surface area is 154 Å². The first-order valence-corrected chi connectivity index (χ1v) is 10.8. The van der Waals surface area contributed by atoms with Crippen LogP contribution in [0.3, 0.4) is 0 Å². The molecule has 3 unspecified atom stereocenters. The lowest BCUT2D eigenvalue weighted by molar-refractivity contribution is -0.128. The summed E-state index contributed by atoms with van der Waals surface area (Å²) in [6, 6.07) is 0. The van der Waals surface area contributed by atoms with E-state index in [1.165, 1.54) is 10.5 Å². The molecule has 0 spiro atoms. The molecule has 2 aliphatic carbocycles. The average molecular weight is 379 g/mol. The topological polar surface area (TPSA) is 89.5 Å². The minimum Gasteiger partial charge on any atom is -0.472 e. The average Bonchev–Trinajstić information content (AvgIpc) is 3.19. The minimum atomic E-state index is -3.52. The third-order valence-electron chi connectivity index (χ3n) is 6.90. The van der Waals surface area contributed by atoms with Gasteiger partial charge in [0.15, 0.2) is 0 Å². The Bertz CT molecular complexity index is 811. The summed E-state index contributed by atoms with van der Waals surface area (Å²) in [5, 5.41) is 0. The molecule has 2 heterocycles. The molecule has 3 fully saturated rings. The smallest absolute Gasteiger partial charge is 0.232 e. The molecule has 0 aromatic carbocycles. The first-order chi connectivity index (χ1) is 12.2. The van der Waals surface area contributed by atoms with Gasteiger partial charge in [-0.2, -0.15) is 4.31 Å². The molecule has 3 atom stereocenters. The first-order valence-electron chi connectivity index (χ1n) is 9.18. The van der Waals surface area contributed by atoms with Crippen LogP contribution in [0.2, 0.25) is 0 Å². The van der Waals surface area contributed by atoms with Crippen molar-refractivity contribution in [2.45, 2.75) is 45.6 Å². The number of sulfonamides is 1. The molecular formula is C18H25N3O4S. The predicted molar refractivity (Wildman–Crippen MR) is 95.0 cm³/mol. The lowest BCUT2D eigenvalue weighted by Crippen LogP contribution is -2.46. The summed E-state index contributed by atoms with van der Waals surface area (Å²) in [7, 11) is -3.52. The Morgan fingerprint density at radius 3 is 2.73 bits per heavy atom. The number of carbonyl (C=O) groups excluding carboxylic acids is 1. The van der Waals surface area contributed by atoms with E-state index in [0.717, 1.165) is 6.42 Å². The number of hydrogen-bond acceptors (Lipinski definition) is 6. The van der Waals surface area contributed by atoms with Crippen LogP contribution in [0, 0.1) is 16.7 Å². The van der Waals surface area contributed by atoms with E-state index in [0.29, 0.717) is 44.1 Å². The molecule has 3 aliphatic rings. The van der Waals surface area contributed by atoms with E-state index >= 15 is 0 Å². The molecule has 2 saturated carbocycles. The van der Waals surface area contributed by atoms with E-state index in [9.17, 15) is 13.2 Å². The molecule has 1 saturated heterocycles. The van der Waals surface area contributed by atoms with Gasteiger partial charge in [0.25, 0.3) is 0 Å². The summed E-state index contributed by atoms with van der Waals surface area (Å²) >= 11 is 0. The highest BCUT2D eigenvalue weighted by atomic mass is 32.2. The van der Waals surface area contributed by atoms with Crippen LogP contribution >= 0.6 is 0 Å². The van der Waals surface area contributed by atoms with Gasteiger partial charge in [0.1, 0.15) is 11.9 Å². The van der Waals surface area contributed by atoms with Crippen LogP contribution < -0.4 is 4.74 Å². The fraction of sp³-hybridized carbons (Fsp3) is 0.722. The quantitative estimate of drug-likeness (QED) is 0.773. The molecule has 8 heteroatoms. The summed E-state index contributed by atoms with van der Waals surface area (Å²) in [6.07, 6.45) is 7.18. The molecule has 26 heavy (non-hydrogen) atoms. The van der Waals surface area contributed by atoms with Gasteiger partial charge in [-0.25, -0.2) is 13.4 Å². The normalized spacial score (nSPS) is 33.7. The fourth-order valence-electron chi connectivity index (χ4n) is 5.07. The molecule has 142 valence electrons.